The zero-order valence-corrected chi connectivity index (χ0v) is 20.0. The molecule has 0 unspecified atom stereocenters. The number of benzene rings is 3. The Balaban J connectivity index is 1.75. The van der Waals surface area contributed by atoms with Crippen molar-refractivity contribution >= 4 is 27.8 Å². The molecule has 176 valence electrons. The maximum atomic E-state index is 13.4. The van der Waals surface area contributed by atoms with Gasteiger partial charge in [0.2, 0.25) is 0 Å². The lowest BCUT2D eigenvalue weighted by Crippen LogP contribution is -2.39. The number of ether oxygens (including phenoxy) is 1. The van der Waals surface area contributed by atoms with Crippen molar-refractivity contribution in [2.24, 2.45) is 5.10 Å². The van der Waals surface area contributed by atoms with Crippen molar-refractivity contribution in [2.75, 3.05) is 17.5 Å². The molecule has 0 aliphatic heterocycles. The van der Waals surface area contributed by atoms with Gasteiger partial charge in [0.25, 0.3) is 15.9 Å². The summed E-state index contributed by atoms with van der Waals surface area (Å²) in [5.74, 6) is 0.120. The van der Waals surface area contributed by atoms with Crippen molar-refractivity contribution < 1.29 is 17.9 Å². The molecule has 0 aliphatic carbocycles. The zero-order chi connectivity index (χ0) is 24.6. The molecule has 1 amide bonds. The van der Waals surface area contributed by atoms with Crippen LogP contribution in [0, 0.1) is 13.8 Å². The van der Waals surface area contributed by atoms with Crippen LogP contribution in [0.3, 0.4) is 0 Å². The second kappa shape index (κ2) is 11.3. The molecule has 3 aromatic rings. The number of hydrazone groups is 1. The van der Waals surface area contributed by atoms with Crippen LogP contribution in [-0.4, -0.2) is 33.7 Å². The van der Waals surface area contributed by atoms with E-state index in [0.717, 1.165) is 21.0 Å². The van der Waals surface area contributed by atoms with E-state index in [1.807, 2.05) is 13.8 Å². The second-order valence-electron chi connectivity index (χ2n) is 7.62. The maximum absolute atomic E-state index is 13.4. The number of amides is 1. The van der Waals surface area contributed by atoms with E-state index in [9.17, 15) is 13.2 Å². The molecule has 0 aromatic heterocycles. The lowest BCUT2D eigenvalue weighted by Gasteiger charge is -2.24. The van der Waals surface area contributed by atoms with E-state index >= 15 is 0 Å². The number of anilines is 1. The molecule has 1 N–H and O–H groups in total. The van der Waals surface area contributed by atoms with Crippen LogP contribution < -0.4 is 14.5 Å². The summed E-state index contributed by atoms with van der Waals surface area (Å²) in [4.78, 5) is 12.7. The molecule has 0 bridgehead atoms. The Morgan fingerprint density at radius 1 is 0.971 bits per heavy atom. The molecule has 7 nitrogen and oxygen atoms in total. The van der Waals surface area contributed by atoms with Gasteiger partial charge in [-0.2, -0.15) is 5.10 Å². The van der Waals surface area contributed by atoms with Gasteiger partial charge in [0.05, 0.1) is 16.8 Å². The zero-order valence-electron chi connectivity index (χ0n) is 19.1. The summed E-state index contributed by atoms with van der Waals surface area (Å²) in [5, 5.41) is 3.96. The highest BCUT2D eigenvalue weighted by Gasteiger charge is 2.27. The molecular weight excluding hydrogens is 450 g/mol. The number of aryl methyl sites for hydroxylation is 2. The minimum atomic E-state index is -3.97. The molecule has 8 heteroatoms. The molecule has 0 saturated heterocycles. The summed E-state index contributed by atoms with van der Waals surface area (Å²) in [7, 11) is -3.97. The van der Waals surface area contributed by atoms with E-state index < -0.39 is 22.5 Å². The first-order valence-corrected chi connectivity index (χ1v) is 12.1. The van der Waals surface area contributed by atoms with Gasteiger partial charge < -0.3 is 4.74 Å². The van der Waals surface area contributed by atoms with Crippen LogP contribution in [0.25, 0.3) is 0 Å². The third-order valence-electron chi connectivity index (χ3n) is 4.87. The SMILES string of the molecule is C=CCOc1ccc(/C=N\NC(=O)CN(c2ccc(C)cc2)S(=O)(=O)c2ccc(C)cc2)cc1. The van der Waals surface area contributed by atoms with Crippen LogP contribution in [0.2, 0.25) is 0 Å². The first-order chi connectivity index (χ1) is 16.3. The predicted octanol–water partition coefficient (Wildman–Crippen LogP) is 4.21. The number of hydrogen-bond acceptors (Lipinski definition) is 5. The fourth-order valence-electron chi connectivity index (χ4n) is 3.01. The average molecular weight is 478 g/mol. The van der Waals surface area contributed by atoms with Crippen LogP contribution in [-0.2, 0) is 14.8 Å². The van der Waals surface area contributed by atoms with E-state index in [-0.39, 0.29) is 4.90 Å². The minimum Gasteiger partial charge on any atom is -0.490 e. The number of hydrogen-bond donors (Lipinski definition) is 1. The van der Waals surface area contributed by atoms with Gasteiger partial charge in [-0.05, 0) is 67.9 Å². The van der Waals surface area contributed by atoms with Crippen molar-refractivity contribution in [3.8, 4) is 5.75 Å². The first-order valence-electron chi connectivity index (χ1n) is 10.6. The Kier molecular flexibility index (Phi) is 8.21. The molecule has 0 spiro atoms. The van der Waals surface area contributed by atoms with Crippen LogP contribution in [0.15, 0.2) is 95.4 Å². The first kappa shape index (κ1) is 24.7. The number of sulfonamides is 1. The van der Waals surface area contributed by atoms with Crippen LogP contribution in [0.1, 0.15) is 16.7 Å². The van der Waals surface area contributed by atoms with Crippen molar-refractivity contribution in [2.45, 2.75) is 18.7 Å². The van der Waals surface area contributed by atoms with Gasteiger partial charge in [-0.1, -0.05) is 48.0 Å². The van der Waals surface area contributed by atoms with Crippen molar-refractivity contribution in [1.29, 1.82) is 0 Å². The molecule has 0 radical (unpaired) electrons. The molecule has 0 aliphatic rings. The minimum absolute atomic E-state index is 0.105. The summed E-state index contributed by atoms with van der Waals surface area (Å²) in [5.41, 5.74) is 5.45. The molecule has 0 saturated carbocycles. The molecule has 3 aromatic carbocycles. The Morgan fingerprint density at radius 3 is 2.15 bits per heavy atom. The largest absolute Gasteiger partial charge is 0.490 e. The summed E-state index contributed by atoms with van der Waals surface area (Å²) in [6.07, 6.45) is 3.13. The fraction of sp³-hybridized carbons (Fsp3) is 0.154. The number of nitrogens with zero attached hydrogens (tertiary/aromatic N) is 2. The highest BCUT2D eigenvalue weighted by Crippen LogP contribution is 2.24. The number of nitrogens with one attached hydrogen (secondary N) is 1. The Labute approximate surface area is 200 Å². The average Bonchev–Trinajstić information content (AvgIpc) is 2.83. The molecular formula is C26H27N3O4S. The van der Waals surface area contributed by atoms with Crippen molar-refractivity contribution in [3.05, 3.63) is 102 Å². The number of carbonyl (C=O) groups is 1. The van der Waals surface area contributed by atoms with E-state index in [1.54, 1.807) is 66.7 Å². The lowest BCUT2D eigenvalue weighted by atomic mass is 10.2. The van der Waals surface area contributed by atoms with Gasteiger partial charge in [-0.3, -0.25) is 9.10 Å². The van der Waals surface area contributed by atoms with Crippen LogP contribution >= 0.6 is 0 Å². The third kappa shape index (κ3) is 6.55. The fourth-order valence-corrected chi connectivity index (χ4v) is 4.43. The maximum Gasteiger partial charge on any atom is 0.264 e. The van der Waals surface area contributed by atoms with E-state index in [2.05, 4.69) is 17.1 Å². The van der Waals surface area contributed by atoms with Gasteiger partial charge in [-0.25, -0.2) is 13.8 Å². The van der Waals surface area contributed by atoms with Crippen molar-refractivity contribution in [1.82, 2.24) is 5.43 Å². The molecule has 3 rings (SSSR count). The van der Waals surface area contributed by atoms with Gasteiger partial charge in [0, 0.05) is 0 Å². The summed E-state index contributed by atoms with van der Waals surface area (Å²) < 4.78 is 33.2. The normalized spacial score (nSPS) is 11.2. The Morgan fingerprint density at radius 2 is 1.56 bits per heavy atom. The summed E-state index contributed by atoms with van der Waals surface area (Å²) >= 11 is 0. The highest BCUT2D eigenvalue weighted by molar-refractivity contribution is 7.92. The number of carbonyl (C=O) groups excluding carboxylic acids is 1. The standard InChI is InChI=1S/C26H27N3O4S/c1-4-17-33-24-13-9-22(10-14-24)18-27-28-26(30)19-29(23-11-5-20(2)6-12-23)34(31,32)25-15-7-21(3)8-16-25/h4-16,18H,1,17,19H2,2-3H3,(H,28,30)/b27-18-. The lowest BCUT2D eigenvalue weighted by molar-refractivity contribution is -0.119. The Bertz CT molecular complexity index is 1250. The van der Waals surface area contributed by atoms with E-state index in [1.165, 1.54) is 18.3 Å². The van der Waals surface area contributed by atoms with Gasteiger partial charge in [0.1, 0.15) is 18.9 Å². The molecule has 0 heterocycles. The highest BCUT2D eigenvalue weighted by atomic mass is 32.2. The van der Waals surface area contributed by atoms with E-state index in [0.29, 0.717) is 18.0 Å². The van der Waals surface area contributed by atoms with Crippen LogP contribution in [0.4, 0.5) is 5.69 Å². The van der Waals surface area contributed by atoms with Gasteiger partial charge in [-0.15, -0.1) is 0 Å². The third-order valence-corrected chi connectivity index (χ3v) is 6.66. The van der Waals surface area contributed by atoms with E-state index in [4.69, 9.17) is 4.74 Å². The van der Waals surface area contributed by atoms with Crippen LogP contribution in [0.5, 0.6) is 5.75 Å². The summed E-state index contributed by atoms with van der Waals surface area (Å²) in [6.45, 7) is 7.37. The molecule has 0 fully saturated rings. The Hall–Kier alpha value is -3.91. The molecule has 0 atom stereocenters. The monoisotopic (exact) mass is 477 g/mol. The quantitative estimate of drug-likeness (QED) is 0.269. The molecule has 34 heavy (non-hydrogen) atoms. The van der Waals surface area contributed by atoms with Crippen molar-refractivity contribution in [3.63, 3.8) is 0 Å². The summed E-state index contributed by atoms with van der Waals surface area (Å²) in [6, 6.07) is 20.6. The smallest absolute Gasteiger partial charge is 0.264 e. The topological polar surface area (TPSA) is 88.1 Å². The second-order valence-corrected chi connectivity index (χ2v) is 9.48. The van der Waals surface area contributed by atoms with Gasteiger partial charge in [0.15, 0.2) is 0 Å². The number of rotatable bonds is 10. The van der Waals surface area contributed by atoms with Gasteiger partial charge >= 0.3 is 0 Å². The predicted molar refractivity (Wildman–Crippen MR) is 135 cm³/mol.